The second kappa shape index (κ2) is 11.7. The van der Waals surface area contributed by atoms with Crippen molar-refractivity contribution >= 4 is 27.7 Å². The Morgan fingerprint density at radius 3 is 2.53 bits per heavy atom. The van der Waals surface area contributed by atoms with Crippen molar-refractivity contribution in [1.29, 1.82) is 0 Å². The number of ether oxygens (including phenoxy) is 1. The fourth-order valence-electron chi connectivity index (χ4n) is 3.66. The van der Waals surface area contributed by atoms with Gasteiger partial charge in [-0.25, -0.2) is 8.42 Å². The fraction of sp³-hybridized carbons (Fsp3) is 0.458. The van der Waals surface area contributed by atoms with Crippen LogP contribution in [0.3, 0.4) is 0 Å². The third-order valence-corrected chi connectivity index (χ3v) is 8.46. The number of thioether (sulfide) groups is 1. The Morgan fingerprint density at radius 2 is 1.84 bits per heavy atom. The van der Waals surface area contributed by atoms with Crippen LogP contribution in [-0.2, 0) is 27.0 Å². The first kappa shape index (κ1) is 24.6. The monoisotopic (exact) mass is 476 g/mol. The van der Waals surface area contributed by atoms with Gasteiger partial charge < -0.3 is 10.1 Å². The molecule has 0 bridgehead atoms. The molecule has 0 aliphatic carbocycles. The average Bonchev–Trinajstić information content (AvgIpc) is 3.34. The average molecular weight is 477 g/mol. The van der Waals surface area contributed by atoms with E-state index >= 15 is 0 Å². The molecule has 1 aliphatic heterocycles. The van der Waals surface area contributed by atoms with Gasteiger partial charge in [-0.15, -0.1) is 0 Å². The summed E-state index contributed by atoms with van der Waals surface area (Å²) in [6.45, 7) is 3.81. The van der Waals surface area contributed by atoms with Gasteiger partial charge >= 0.3 is 0 Å². The van der Waals surface area contributed by atoms with Crippen LogP contribution in [0.4, 0.5) is 0 Å². The molecule has 174 valence electrons. The fourth-order valence-corrected chi connectivity index (χ4v) is 6.05. The van der Waals surface area contributed by atoms with Gasteiger partial charge in [-0.1, -0.05) is 29.8 Å². The number of rotatable bonds is 11. The maximum absolute atomic E-state index is 12.8. The highest BCUT2D eigenvalue weighted by Crippen LogP contribution is 2.27. The topological polar surface area (TPSA) is 75.7 Å². The second-order valence-electron chi connectivity index (χ2n) is 7.97. The molecule has 0 atom stereocenters. The molecule has 32 heavy (non-hydrogen) atoms. The van der Waals surface area contributed by atoms with E-state index in [1.807, 2.05) is 0 Å². The SMILES string of the molecule is COc1ccc(S(=O)(=O)N2CCCC2)cc1CCC(=O)NCCSCc1ccc(C)cc1. The molecule has 0 spiro atoms. The number of benzene rings is 2. The summed E-state index contributed by atoms with van der Waals surface area (Å²) in [7, 11) is -1.94. The van der Waals surface area contributed by atoms with Crippen LogP contribution in [-0.4, -0.2) is 51.1 Å². The molecular formula is C24H32N2O4S2. The number of amides is 1. The van der Waals surface area contributed by atoms with Crippen molar-refractivity contribution in [2.24, 2.45) is 0 Å². The molecule has 1 N–H and O–H groups in total. The van der Waals surface area contributed by atoms with Gasteiger partial charge in [-0.05, 0) is 55.5 Å². The van der Waals surface area contributed by atoms with Crippen LogP contribution in [0.2, 0.25) is 0 Å². The zero-order valence-corrected chi connectivity index (χ0v) is 20.4. The Kier molecular flexibility index (Phi) is 9.02. The molecule has 6 nitrogen and oxygen atoms in total. The number of hydrogen-bond acceptors (Lipinski definition) is 5. The minimum Gasteiger partial charge on any atom is -0.496 e. The predicted octanol–water partition coefficient (Wildman–Crippen LogP) is 3.77. The van der Waals surface area contributed by atoms with Gasteiger partial charge in [0.05, 0.1) is 12.0 Å². The van der Waals surface area contributed by atoms with Gasteiger partial charge in [0.1, 0.15) is 5.75 Å². The van der Waals surface area contributed by atoms with Crippen molar-refractivity contribution in [1.82, 2.24) is 9.62 Å². The molecule has 0 radical (unpaired) electrons. The third-order valence-electron chi connectivity index (χ3n) is 5.53. The Balaban J connectivity index is 1.47. The quantitative estimate of drug-likeness (QED) is 0.500. The van der Waals surface area contributed by atoms with Gasteiger partial charge in [0.15, 0.2) is 0 Å². The second-order valence-corrected chi connectivity index (χ2v) is 11.0. The Hall–Kier alpha value is -2.03. The highest BCUT2D eigenvalue weighted by molar-refractivity contribution is 7.98. The molecule has 0 aromatic heterocycles. The van der Waals surface area contributed by atoms with E-state index in [-0.39, 0.29) is 17.2 Å². The van der Waals surface area contributed by atoms with Crippen LogP contribution in [0.15, 0.2) is 47.4 Å². The van der Waals surface area contributed by atoms with E-state index in [1.54, 1.807) is 37.1 Å². The van der Waals surface area contributed by atoms with E-state index in [0.29, 0.717) is 31.8 Å². The van der Waals surface area contributed by atoms with E-state index in [1.165, 1.54) is 15.4 Å². The lowest BCUT2D eigenvalue weighted by molar-refractivity contribution is -0.120. The molecule has 1 heterocycles. The molecule has 1 saturated heterocycles. The highest BCUT2D eigenvalue weighted by Gasteiger charge is 2.27. The number of nitrogens with zero attached hydrogens (tertiary/aromatic N) is 1. The zero-order chi connectivity index (χ0) is 23.0. The number of aryl methyl sites for hydroxylation is 2. The number of sulfonamides is 1. The van der Waals surface area contributed by atoms with E-state index in [9.17, 15) is 13.2 Å². The van der Waals surface area contributed by atoms with E-state index in [2.05, 4.69) is 36.5 Å². The number of carbonyl (C=O) groups is 1. The van der Waals surface area contributed by atoms with Gasteiger partial charge in [0.2, 0.25) is 15.9 Å². The third kappa shape index (κ3) is 6.73. The van der Waals surface area contributed by atoms with E-state index in [0.717, 1.165) is 29.9 Å². The molecule has 8 heteroatoms. The van der Waals surface area contributed by atoms with Crippen LogP contribution in [0.1, 0.15) is 36.0 Å². The lowest BCUT2D eigenvalue weighted by Crippen LogP contribution is -2.28. The Bertz CT molecular complexity index is 1000. The molecule has 0 unspecified atom stereocenters. The first-order valence-electron chi connectivity index (χ1n) is 11.0. The lowest BCUT2D eigenvalue weighted by Gasteiger charge is -2.17. The van der Waals surface area contributed by atoms with Gasteiger partial charge in [0, 0.05) is 37.6 Å². The standard InChI is InChI=1S/C24H32N2O4S2/c1-19-5-7-20(8-6-19)18-31-16-13-25-24(27)12-9-21-17-22(10-11-23(21)30-2)32(28,29)26-14-3-4-15-26/h5-8,10-11,17H,3-4,9,12-16,18H2,1-2H3,(H,25,27). The van der Waals surface area contributed by atoms with Crippen molar-refractivity contribution in [2.45, 2.75) is 43.3 Å². The molecule has 2 aromatic rings. The molecule has 2 aromatic carbocycles. The molecule has 1 amide bonds. The summed E-state index contributed by atoms with van der Waals surface area (Å²) in [5.74, 6) is 2.32. The van der Waals surface area contributed by atoms with Crippen LogP contribution < -0.4 is 10.1 Å². The molecular weight excluding hydrogens is 444 g/mol. The minimum atomic E-state index is -3.50. The summed E-state index contributed by atoms with van der Waals surface area (Å²) in [5.41, 5.74) is 3.27. The summed E-state index contributed by atoms with van der Waals surface area (Å²) < 4.78 is 32.6. The largest absolute Gasteiger partial charge is 0.496 e. The number of methoxy groups -OCH3 is 1. The number of hydrogen-bond donors (Lipinski definition) is 1. The smallest absolute Gasteiger partial charge is 0.243 e. The maximum Gasteiger partial charge on any atom is 0.243 e. The van der Waals surface area contributed by atoms with Crippen molar-refractivity contribution in [3.05, 3.63) is 59.2 Å². The Morgan fingerprint density at radius 1 is 1.12 bits per heavy atom. The van der Waals surface area contributed by atoms with Crippen LogP contribution >= 0.6 is 11.8 Å². The first-order chi connectivity index (χ1) is 15.4. The normalized spacial score (nSPS) is 14.4. The number of carbonyl (C=O) groups excluding carboxylic acids is 1. The molecule has 1 fully saturated rings. The van der Waals surface area contributed by atoms with Crippen LogP contribution in [0.25, 0.3) is 0 Å². The van der Waals surface area contributed by atoms with Crippen LogP contribution in [0.5, 0.6) is 5.75 Å². The van der Waals surface area contributed by atoms with Crippen molar-refractivity contribution in [2.75, 3.05) is 32.5 Å². The maximum atomic E-state index is 12.8. The molecule has 0 saturated carbocycles. The summed E-state index contributed by atoms with van der Waals surface area (Å²) in [4.78, 5) is 12.6. The predicted molar refractivity (Wildman–Crippen MR) is 130 cm³/mol. The summed E-state index contributed by atoms with van der Waals surface area (Å²) in [6, 6.07) is 13.4. The summed E-state index contributed by atoms with van der Waals surface area (Å²) in [6.07, 6.45) is 2.50. The van der Waals surface area contributed by atoms with Crippen LogP contribution in [0, 0.1) is 6.92 Å². The minimum absolute atomic E-state index is 0.0456. The van der Waals surface area contributed by atoms with Gasteiger partial charge in [0.25, 0.3) is 0 Å². The Labute approximate surface area is 195 Å². The number of nitrogens with one attached hydrogen (secondary N) is 1. The lowest BCUT2D eigenvalue weighted by atomic mass is 10.1. The van der Waals surface area contributed by atoms with E-state index in [4.69, 9.17) is 4.74 Å². The van der Waals surface area contributed by atoms with Gasteiger partial charge in [-0.3, -0.25) is 4.79 Å². The first-order valence-corrected chi connectivity index (χ1v) is 13.6. The van der Waals surface area contributed by atoms with Crippen molar-refractivity contribution in [3.8, 4) is 5.75 Å². The zero-order valence-electron chi connectivity index (χ0n) is 18.8. The molecule has 3 rings (SSSR count). The van der Waals surface area contributed by atoms with Crippen molar-refractivity contribution < 1.29 is 17.9 Å². The summed E-state index contributed by atoms with van der Waals surface area (Å²) >= 11 is 1.79. The molecule has 1 aliphatic rings. The van der Waals surface area contributed by atoms with Crippen molar-refractivity contribution in [3.63, 3.8) is 0 Å². The van der Waals surface area contributed by atoms with E-state index < -0.39 is 10.0 Å². The van der Waals surface area contributed by atoms with Gasteiger partial charge in [-0.2, -0.15) is 16.1 Å². The summed E-state index contributed by atoms with van der Waals surface area (Å²) in [5, 5.41) is 2.95. The highest BCUT2D eigenvalue weighted by atomic mass is 32.2.